The summed E-state index contributed by atoms with van der Waals surface area (Å²) in [5.74, 6) is 0.130. The molecule has 6 heteroatoms. The molecule has 112 valence electrons. The maximum absolute atomic E-state index is 12.0. The zero-order valence-electron chi connectivity index (χ0n) is 12.2. The summed E-state index contributed by atoms with van der Waals surface area (Å²) in [5, 5.41) is 4.34. The molecule has 1 saturated heterocycles. The predicted octanol–water partition coefficient (Wildman–Crippen LogP) is 1.57. The van der Waals surface area contributed by atoms with E-state index in [-0.39, 0.29) is 5.91 Å². The number of nitrogens with zero attached hydrogens (tertiary/aromatic N) is 2. The Morgan fingerprint density at radius 3 is 2.95 bits per heavy atom. The number of piperidine rings is 1. The van der Waals surface area contributed by atoms with Gasteiger partial charge in [0.2, 0.25) is 5.91 Å². The van der Waals surface area contributed by atoms with Crippen molar-refractivity contribution in [2.45, 2.75) is 38.8 Å². The first kappa shape index (κ1) is 15.4. The van der Waals surface area contributed by atoms with Crippen LogP contribution in [-0.4, -0.2) is 48.6 Å². The van der Waals surface area contributed by atoms with Gasteiger partial charge in [-0.3, -0.25) is 4.79 Å². The normalized spacial score (nSPS) is 16.3. The highest BCUT2D eigenvalue weighted by Gasteiger charge is 2.15. The molecule has 1 aliphatic heterocycles. The van der Waals surface area contributed by atoms with Gasteiger partial charge in [0.15, 0.2) is 0 Å². The number of aromatic nitrogens is 1. The van der Waals surface area contributed by atoms with Crippen LogP contribution < -0.4 is 5.32 Å². The zero-order valence-corrected chi connectivity index (χ0v) is 13.0. The number of thiazole rings is 1. The van der Waals surface area contributed by atoms with Gasteiger partial charge in [-0.2, -0.15) is 0 Å². The highest BCUT2D eigenvalue weighted by Crippen LogP contribution is 2.14. The van der Waals surface area contributed by atoms with E-state index in [1.807, 2.05) is 20.2 Å². The lowest BCUT2D eigenvalue weighted by Gasteiger charge is -2.23. The first-order valence-electron chi connectivity index (χ1n) is 7.12. The van der Waals surface area contributed by atoms with Gasteiger partial charge in [-0.1, -0.05) is 0 Å². The van der Waals surface area contributed by atoms with Crippen molar-refractivity contribution in [2.75, 3.05) is 26.7 Å². The van der Waals surface area contributed by atoms with Crippen molar-refractivity contribution in [1.82, 2.24) is 15.2 Å². The van der Waals surface area contributed by atoms with Crippen molar-refractivity contribution in [3.63, 3.8) is 0 Å². The van der Waals surface area contributed by atoms with Crippen LogP contribution in [0.2, 0.25) is 0 Å². The molecular formula is C14H23N3O2S. The third-order valence-electron chi connectivity index (χ3n) is 3.44. The van der Waals surface area contributed by atoms with Gasteiger partial charge >= 0.3 is 0 Å². The molecule has 1 N–H and O–H groups in total. The second kappa shape index (κ2) is 7.71. The van der Waals surface area contributed by atoms with E-state index < -0.39 is 0 Å². The molecular weight excluding hydrogens is 274 g/mol. The number of rotatable bonds is 6. The van der Waals surface area contributed by atoms with Crippen LogP contribution in [0.25, 0.3) is 0 Å². The smallest absolute Gasteiger partial charge is 0.224 e. The molecule has 0 spiro atoms. The number of hydrogen-bond donors (Lipinski definition) is 1. The minimum Gasteiger partial charge on any atom is -0.378 e. The third-order valence-corrected chi connectivity index (χ3v) is 4.34. The number of carbonyl (C=O) groups is 1. The Bertz CT molecular complexity index is 430. The van der Waals surface area contributed by atoms with Crippen LogP contribution in [0.5, 0.6) is 0 Å². The van der Waals surface area contributed by atoms with Crippen molar-refractivity contribution < 1.29 is 9.53 Å². The molecule has 1 fully saturated rings. The van der Waals surface area contributed by atoms with Gasteiger partial charge in [0.25, 0.3) is 0 Å². The standard InChI is InChI=1S/C14H23N3O2S/c1-11-16-9-13(20-11)10-17(2)14(18)5-8-19-12-3-6-15-7-4-12/h9,12,15H,3-8,10H2,1-2H3. The number of hydrogen-bond acceptors (Lipinski definition) is 5. The minimum atomic E-state index is 0.130. The fourth-order valence-corrected chi connectivity index (χ4v) is 3.11. The Labute approximate surface area is 124 Å². The van der Waals surface area contributed by atoms with E-state index in [1.165, 1.54) is 0 Å². The van der Waals surface area contributed by atoms with Crippen LogP contribution in [0, 0.1) is 6.92 Å². The SMILES string of the molecule is Cc1ncc(CN(C)C(=O)CCOC2CCNCC2)s1. The molecule has 5 nitrogen and oxygen atoms in total. The third kappa shape index (κ3) is 4.85. The maximum Gasteiger partial charge on any atom is 0.224 e. The molecule has 1 aromatic heterocycles. The van der Waals surface area contributed by atoms with Gasteiger partial charge in [-0.05, 0) is 32.9 Å². The van der Waals surface area contributed by atoms with Gasteiger partial charge in [-0.25, -0.2) is 4.98 Å². The molecule has 0 atom stereocenters. The molecule has 20 heavy (non-hydrogen) atoms. The average molecular weight is 297 g/mol. The number of aryl methyl sites for hydroxylation is 1. The van der Waals surface area contributed by atoms with Gasteiger partial charge in [0.05, 0.1) is 30.7 Å². The topological polar surface area (TPSA) is 54.5 Å². The lowest BCUT2D eigenvalue weighted by Crippen LogP contribution is -2.33. The monoisotopic (exact) mass is 297 g/mol. The van der Waals surface area contributed by atoms with Crippen molar-refractivity contribution in [3.05, 3.63) is 16.1 Å². The van der Waals surface area contributed by atoms with Crippen LogP contribution in [0.1, 0.15) is 29.1 Å². The molecule has 0 saturated carbocycles. The Kier molecular flexibility index (Phi) is 5.94. The lowest BCUT2D eigenvalue weighted by molar-refractivity contribution is -0.132. The van der Waals surface area contributed by atoms with Gasteiger partial charge in [-0.15, -0.1) is 11.3 Å². The van der Waals surface area contributed by atoms with Crippen molar-refractivity contribution in [3.8, 4) is 0 Å². The van der Waals surface area contributed by atoms with Gasteiger partial charge in [0, 0.05) is 18.1 Å². The van der Waals surface area contributed by atoms with Crippen LogP contribution in [-0.2, 0) is 16.1 Å². The summed E-state index contributed by atoms with van der Waals surface area (Å²) in [6, 6.07) is 0. The lowest BCUT2D eigenvalue weighted by atomic mass is 10.1. The molecule has 2 rings (SSSR count). The highest BCUT2D eigenvalue weighted by atomic mass is 32.1. The molecule has 1 aromatic rings. The van der Waals surface area contributed by atoms with Gasteiger partial charge < -0.3 is 15.0 Å². The predicted molar refractivity (Wildman–Crippen MR) is 79.8 cm³/mol. The first-order valence-corrected chi connectivity index (χ1v) is 7.94. The molecule has 0 radical (unpaired) electrons. The van der Waals surface area contributed by atoms with Crippen molar-refractivity contribution >= 4 is 17.2 Å². The molecule has 2 heterocycles. The quantitative estimate of drug-likeness (QED) is 0.866. The summed E-state index contributed by atoms with van der Waals surface area (Å²) in [6.45, 7) is 5.17. The fraction of sp³-hybridized carbons (Fsp3) is 0.714. The van der Waals surface area contributed by atoms with Crippen molar-refractivity contribution in [2.24, 2.45) is 0 Å². The van der Waals surface area contributed by atoms with E-state index in [4.69, 9.17) is 4.74 Å². The first-order chi connectivity index (χ1) is 9.65. The van der Waals surface area contributed by atoms with E-state index in [1.54, 1.807) is 16.2 Å². The summed E-state index contributed by atoms with van der Waals surface area (Å²) in [4.78, 5) is 19.1. The second-order valence-corrected chi connectivity index (χ2v) is 6.48. The Morgan fingerprint density at radius 2 is 2.30 bits per heavy atom. The van der Waals surface area contributed by atoms with Crippen LogP contribution in [0.4, 0.5) is 0 Å². The molecule has 0 bridgehead atoms. The second-order valence-electron chi connectivity index (χ2n) is 5.17. The van der Waals surface area contributed by atoms with E-state index in [9.17, 15) is 4.79 Å². The molecule has 0 aliphatic carbocycles. The summed E-state index contributed by atoms with van der Waals surface area (Å²) in [6.07, 6.45) is 4.71. The van der Waals surface area contributed by atoms with Crippen LogP contribution >= 0.6 is 11.3 Å². The van der Waals surface area contributed by atoms with Gasteiger partial charge in [0.1, 0.15) is 0 Å². The number of nitrogens with one attached hydrogen (secondary N) is 1. The minimum absolute atomic E-state index is 0.130. The summed E-state index contributed by atoms with van der Waals surface area (Å²) in [7, 11) is 1.84. The number of carbonyl (C=O) groups excluding carboxylic acids is 1. The number of ether oxygens (including phenoxy) is 1. The van der Waals surface area contributed by atoms with E-state index in [0.717, 1.165) is 35.8 Å². The summed E-state index contributed by atoms with van der Waals surface area (Å²) < 4.78 is 5.76. The largest absolute Gasteiger partial charge is 0.378 e. The van der Waals surface area contributed by atoms with Crippen LogP contribution in [0.15, 0.2) is 6.20 Å². The van der Waals surface area contributed by atoms with Crippen molar-refractivity contribution in [1.29, 1.82) is 0 Å². The summed E-state index contributed by atoms with van der Waals surface area (Å²) >= 11 is 1.64. The molecule has 0 aromatic carbocycles. The maximum atomic E-state index is 12.0. The average Bonchev–Trinajstić information content (AvgIpc) is 2.85. The fourth-order valence-electron chi connectivity index (χ4n) is 2.27. The van der Waals surface area contributed by atoms with Crippen LogP contribution in [0.3, 0.4) is 0 Å². The zero-order chi connectivity index (χ0) is 14.4. The molecule has 0 unspecified atom stereocenters. The van der Waals surface area contributed by atoms with E-state index >= 15 is 0 Å². The highest BCUT2D eigenvalue weighted by molar-refractivity contribution is 7.11. The Balaban J connectivity index is 1.65. The molecule has 1 aliphatic rings. The Hall–Kier alpha value is -0.980. The molecule has 1 amide bonds. The number of amides is 1. The van der Waals surface area contributed by atoms with E-state index in [0.29, 0.717) is 25.7 Å². The van der Waals surface area contributed by atoms with E-state index in [2.05, 4.69) is 10.3 Å². The summed E-state index contributed by atoms with van der Waals surface area (Å²) in [5.41, 5.74) is 0. The Morgan fingerprint density at radius 1 is 1.55 bits per heavy atom.